The van der Waals surface area contributed by atoms with Gasteiger partial charge in [0, 0.05) is 117 Å². The van der Waals surface area contributed by atoms with Crippen LogP contribution in [0.3, 0.4) is 0 Å². The Hall–Kier alpha value is -6.80. The summed E-state index contributed by atoms with van der Waals surface area (Å²) >= 11 is 0. The number of H-pyrrole nitrogens is 2. The van der Waals surface area contributed by atoms with E-state index in [-0.39, 0.29) is 0 Å². The summed E-state index contributed by atoms with van der Waals surface area (Å²) in [6, 6.07) is 26.8. The summed E-state index contributed by atoms with van der Waals surface area (Å²) in [5.41, 5.74) is 16.6. The predicted octanol–water partition coefficient (Wildman–Crippen LogP) is 14.8. The molecule has 8 heteroatoms. The summed E-state index contributed by atoms with van der Waals surface area (Å²) in [5, 5.41) is 0. The Bertz CT molecular complexity index is 2760. The summed E-state index contributed by atoms with van der Waals surface area (Å²) in [7, 11) is 0. The maximum Gasteiger partial charge on any atom is 0.176 e. The molecule has 0 amide bonds. The van der Waals surface area contributed by atoms with Gasteiger partial charge < -0.3 is 9.97 Å². The summed E-state index contributed by atoms with van der Waals surface area (Å²) in [6.07, 6.45) is 46.5. The predicted molar refractivity (Wildman–Crippen MR) is 298 cm³/mol. The van der Waals surface area contributed by atoms with E-state index in [4.69, 9.17) is 9.97 Å². The molecule has 8 nitrogen and oxygen atoms in total. The van der Waals surface area contributed by atoms with E-state index in [1.807, 2.05) is 0 Å². The van der Waals surface area contributed by atoms with Gasteiger partial charge in [-0.25, -0.2) is 28.2 Å². The van der Waals surface area contributed by atoms with Crippen LogP contribution in [0.25, 0.3) is 90.9 Å². The number of hydrogen-bond acceptors (Lipinski definition) is 2. The van der Waals surface area contributed by atoms with Crippen LogP contribution in [0.4, 0.5) is 0 Å². The van der Waals surface area contributed by atoms with E-state index < -0.39 is 0 Å². The molecule has 2 N–H and O–H groups in total. The number of nitrogens with one attached hydrogen (secondary N) is 2. The lowest BCUT2D eigenvalue weighted by Crippen LogP contribution is -2.32. The van der Waals surface area contributed by atoms with E-state index in [1.54, 1.807) is 0 Å². The maximum atomic E-state index is 5.66. The molecule has 9 heterocycles. The second kappa shape index (κ2) is 25.0. The van der Waals surface area contributed by atoms with Gasteiger partial charge >= 0.3 is 0 Å². The topological polar surface area (TPSA) is 72.9 Å². The van der Waals surface area contributed by atoms with Crippen molar-refractivity contribution in [1.29, 1.82) is 0 Å². The van der Waals surface area contributed by atoms with Crippen molar-refractivity contribution in [3.8, 4) is 44.5 Å². The number of aromatic amines is 2. The number of pyridine rings is 4. The Balaban J connectivity index is 1.33. The van der Waals surface area contributed by atoms with Crippen molar-refractivity contribution in [3.63, 3.8) is 0 Å². The minimum atomic E-state index is 0.932. The van der Waals surface area contributed by atoms with Crippen molar-refractivity contribution in [2.75, 3.05) is 0 Å². The molecule has 0 unspecified atom stereocenters. The van der Waals surface area contributed by atoms with Crippen LogP contribution < -0.4 is 18.3 Å². The Morgan fingerprint density at radius 1 is 0.319 bits per heavy atom. The molecule has 2 aliphatic rings. The fraction of sp³-hybridized carbons (Fsp3) is 0.375. The third kappa shape index (κ3) is 12.3. The first kappa shape index (κ1) is 50.2. The van der Waals surface area contributed by atoms with Gasteiger partial charge in [-0.15, -0.1) is 0 Å². The van der Waals surface area contributed by atoms with Crippen LogP contribution in [0.2, 0.25) is 0 Å². The normalized spacial score (nSPS) is 12.1. The molecule has 7 aromatic heterocycles. The van der Waals surface area contributed by atoms with Crippen LogP contribution in [-0.4, -0.2) is 19.9 Å². The molecular formula is C64H78N8+4. The lowest BCUT2D eigenvalue weighted by molar-refractivity contribution is -0.697. The SMILES string of the molecule is CCCCCC[n+]1cccc(-c2c3nc(c(-c4ccc[n+](CCCCCC)c4)c4ccc([nH]4)c(-c4ccc[n+](CCCCCC)c4)c4nc(c(-c5ccc[n+](CCCCCC)c5)c5ccc2[nH]5)C=C4)C=C3)c1. The number of aryl methyl sites for hydroxylation is 4. The molecule has 0 saturated carbocycles. The number of hydrogen-bond donors (Lipinski definition) is 2. The Labute approximate surface area is 429 Å². The first-order chi connectivity index (χ1) is 35.5. The molecule has 0 fully saturated rings. The molecule has 7 aromatic rings. The van der Waals surface area contributed by atoms with E-state index in [1.165, 1.54) is 77.0 Å². The van der Waals surface area contributed by atoms with E-state index in [2.05, 4.69) is 203 Å². The molecule has 0 radical (unpaired) electrons. The highest BCUT2D eigenvalue weighted by atomic mass is 14.9. The highest BCUT2D eigenvalue weighted by Crippen LogP contribution is 2.38. The van der Waals surface area contributed by atoms with Crippen molar-refractivity contribution < 1.29 is 18.3 Å². The summed E-state index contributed by atoms with van der Waals surface area (Å²) in [4.78, 5) is 19.3. The minimum Gasteiger partial charge on any atom is -0.354 e. The third-order valence-electron chi connectivity index (χ3n) is 14.4. The molecule has 0 spiro atoms. The van der Waals surface area contributed by atoms with Gasteiger partial charge in [-0.2, -0.15) is 0 Å². The molecule has 2 aliphatic heterocycles. The fourth-order valence-corrected chi connectivity index (χ4v) is 10.5. The van der Waals surface area contributed by atoms with Gasteiger partial charge in [-0.1, -0.05) is 79.1 Å². The van der Waals surface area contributed by atoms with Crippen LogP contribution in [-0.2, 0) is 26.2 Å². The monoisotopic (exact) mass is 959 g/mol. The van der Waals surface area contributed by atoms with E-state index in [9.17, 15) is 0 Å². The van der Waals surface area contributed by atoms with Crippen molar-refractivity contribution in [2.24, 2.45) is 0 Å². The highest BCUT2D eigenvalue weighted by Gasteiger charge is 2.22. The third-order valence-corrected chi connectivity index (χ3v) is 14.4. The van der Waals surface area contributed by atoms with E-state index >= 15 is 0 Å². The maximum absolute atomic E-state index is 5.66. The molecule has 0 saturated heterocycles. The molecule has 0 aliphatic carbocycles. The van der Waals surface area contributed by atoms with E-state index in [0.717, 1.165) is 141 Å². The van der Waals surface area contributed by atoms with Crippen LogP contribution in [0.15, 0.2) is 122 Å². The molecule has 0 atom stereocenters. The molecule has 72 heavy (non-hydrogen) atoms. The van der Waals surface area contributed by atoms with Crippen molar-refractivity contribution in [1.82, 2.24) is 19.9 Å². The van der Waals surface area contributed by atoms with Gasteiger partial charge in [-0.3, -0.25) is 0 Å². The average molecular weight is 959 g/mol. The fourth-order valence-electron chi connectivity index (χ4n) is 10.5. The zero-order valence-corrected chi connectivity index (χ0v) is 43.7. The van der Waals surface area contributed by atoms with Crippen LogP contribution in [0.1, 0.15) is 153 Å². The van der Waals surface area contributed by atoms with Crippen LogP contribution >= 0.6 is 0 Å². The zero-order valence-electron chi connectivity index (χ0n) is 43.7. The average Bonchev–Trinajstić information content (AvgIpc) is 4.26. The molecule has 0 aromatic carbocycles. The van der Waals surface area contributed by atoms with Gasteiger partial charge in [0.25, 0.3) is 0 Å². The van der Waals surface area contributed by atoms with E-state index in [0.29, 0.717) is 0 Å². The van der Waals surface area contributed by atoms with Gasteiger partial charge in [0.2, 0.25) is 0 Å². The minimum absolute atomic E-state index is 0.932. The summed E-state index contributed by atoms with van der Waals surface area (Å²) in [6.45, 7) is 13.0. The lowest BCUT2D eigenvalue weighted by Gasteiger charge is -2.07. The Morgan fingerprint density at radius 3 is 0.806 bits per heavy atom. The summed E-state index contributed by atoms with van der Waals surface area (Å²) in [5.74, 6) is 0. The number of aromatic nitrogens is 8. The zero-order chi connectivity index (χ0) is 49.5. The Kier molecular flexibility index (Phi) is 17.4. The smallest absolute Gasteiger partial charge is 0.176 e. The molecule has 370 valence electrons. The molecule has 9 rings (SSSR count). The number of fused-ring (bicyclic) bond motifs is 8. The number of unbranched alkanes of at least 4 members (excludes halogenated alkanes) is 12. The quantitative estimate of drug-likeness (QED) is 0.0468. The standard InChI is InChI=1S/C64H78N8/c1-5-9-13-17-37-69-41-21-25-49(45-69)61-53-29-31-55(65-53)62(50-26-22-42-70(46-50)38-18-14-10-6-2)57-33-35-59(67-57)64(52-28-24-44-72(48-52)40-20-16-12-8-4)60-36-34-58(68-60)63(56-32-30-54(61)66-56)51-27-23-43-71(47-51)39-19-15-11-7-3/h21-36,41-48,65,68H,5-20,37-40H2,1-4H3/q+4. The molecule has 8 bridgehead atoms. The van der Waals surface area contributed by atoms with Crippen LogP contribution in [0.5, 0.6) is 0 Å². The number of nitrogens with zero attached hydrogens (tertiary/aromatic N) is 6. The second-order valence-electron chi connectivity index (χ2n) is 20.1. The lowest BCUT2D eigenvalue weighted by atomic mass is 10.1. The van der Waals surface area contributed by atoms with Gasteiger partial charge in [0.05, 0.1) is 22.8 Å². The highest BCUT2D eigenvalue weighted by molar-refractivity contribution is 5.99. The van der Waals surface area contributed by atoms with Crippen molar-refractivity contribution in [3.05, 3.63) is 145 Å². The number of rotatable bonds is 24. The van der Waals surface area contributed by atoms with Gasteiger partial charge in [0.15, 0.2) is 49.6 Å². The first-order valence-electron chi connectivity index (χ1n) is 27.7. The van der Waals surface area contributed by atoms with Gasteiger partial charge in [-0.05, 0) is 98.5 Å². The van der Waals surface area contributed by atoms with Crippen molar-refractivity contribution in [2.45, 2.75) is 157 Å². The largest absolute Gasteiger partial charge is 0.354 e. The van der Waals surface area contributed by atoms with Crippen LogP contribution in [0, 0.1) is 0 Å². The first-order valence-corrected chi connectivity index (χ1v) is 27.7. The second-order valence-corrected chi connectivity index (χ2v) is 20.1. The van der Waals surface area contributed by atoms with Gasteiger partial charge in [0.1, 0.15) is 26.2 Å². The molecular weight excluding hydrogens is 881 g/mol. The Morgan fingerprint density at radius 2 is 0.569 bits per heavy atom. The summed E-state index contributed by atoms with van der Waals surface area (Å²) < 4.78 is 9.43. The van der Waals surface area contributed by atoms with Crippen molar-refractivity contribution >= 4 is 46.4 Å².